The molecule has 0 aliphatic carbocycles. The van der Waals surface area contributed by atoms with Crippen LogP contribution in [0.15, 0.2) is 29.3 Å². The smallest absolute Gasteiger partial charge is 0.249 e. The molecular formula is C17H22N2O3S. The molecule has 0 saturated carbocycles. The molecule has 1 aromatic carbocycles. The molecule has 23 heavy (non-hydrogen) atoms. The lowest BCUT2D eigenvalue weighted by atomic mass is 10.2. The van der Waals surface area contributed by atoms with Gasteiger partial charge in [0.1, 0.15) is 0 Å². The average Bonchev–Trinajstić information content (AvgIpc) is 3.04. The number of carbonyl (C=O) groups is 1. The van der Waals surface area contributed by atoms with Gasteiger partial charge in [0.25, 0.3) is 0 Å². The van der Waals surface area contributed by atoms with Gasteiger partial charge in [0.2, 0.25) is 5.91 Å². The summed E-state index contributed by atoms with van der Waals surface area (Å²) < 4.78 is 11.1. The van der Waals surface area contributed by atoms with E-state index in [0.717, 1.165) is 17.9 Å². The molecule has 0 radical (unpaired) electrons. The number of methoxy groups -OCH3 is 1. The van der Waals surface area contributed by atoms with Crippen LogP contribution in [-0.2, 0) is 4.79 Å². The third-order valence-electron chi connectivity index (χ3n) is 3.00. The fourth-order valence-corrected chi connectivity index (χ4v) is 2.62. The number of carbonyl (C=O) groups excluding carboxylic acids is 1. The van der Waals surface area contributed by atoms with E-state index in [9.17, 15) is 4.79 Å². The van der Waals surface area contributed by atoms with Crippen LogP contribution >= 0.6 is 11.8 Å². The number of nitrogens with one attached hydrogen (secondary N) is 1. The number of amidine groups is 1. The van der Waals surface area contributed by atoms with Gasteiger partial charge in [0.15, 0.2) is 16.7 Å². The number of benzene rings is 1. The summed E-state index contributed by atoms with van der Waals surface area (Å²) in [6.07, 6.45) is 3.23. The molecule has 1 aromatic rings. The maximum absolute atomic E-state index is 11.8. The third-order valence-corrected chi connectivity index (χ3v) is 3.89. The van der Waals surface area contributed by atoms with E-state index in [2.05, 4.69) is 24.2 Å². The number of rotatable bonds is 6. The van der Waals surface area contributed by atoms with Crippen LogP contribution < -0.4 is 14.8 Å². The molecule has 0 aromatic heterocycles. The first-order valence-corrected chi connectivity index (χ1v) is 8.54. The molecule has 1 amide bonds. The monoisotopic (exact) mass is 334 g/mol. The van der Waals surface area contributed by atoms with Crippen LogP contribution in [0.4, 0.5) is 0 Å². The van der Waals surface area contributed by atoms with E-state index in [1.165, 1.54) is 6.08 Å². The lowest BCUT2D eigenvalue weighted by molar-refractivity contribution is -0.115. The summed E-state index contributed by atoms with van der Waals surface area (Å²) in [5.74, 6) is 2.55. The van der Waals surface area contributed by atoms with Crippen LogP contribution in [-0.4, -0.2) is 37.1 Å². The quantitative estimate of drug-likeness (QED) is 0.813. The Hall–Kier alpha value is -1.95. The minimum absolute atomic E-state index is 0.183. The first-order chi connectivity index (χ1) is 11.1. The zero-order chi connectivity index (χ0) is 16.7. The van der Waals surface area contributed by atoms with E-state index >= 15 is 0 Å². The van der Waals surface area contributed by atoms with Crippen molar-refractivity contribution in [3.8, 4) is 11.5 Å². The Kier molecular flexibility index (Phi) is 6.52. The fourth-order valence-electron chi connectivity index (χ4n) is 1.89. The van der Waals surface area contributed by atoms with Gasteiger partial charge in [-0.2, -0.15) is 0 Å². The highest BCUT2D eigenvalue weighted by atomic mass is 32.2. The van der Waals surface area contributed by atoms with Gasteiger partial charge in [0, 0.05) is 11.8 Å². The number of hydrogen-bond donors (Lipinski definition) is 1. The summed E-state index contributed by atoms with van der Waals surface area (Å²) in [7, 11) is 1.60. The van der Waals surface area contributed by atoms with E-state index < -0.39 is 0 Å². The number of ether oxygens (including phenoxy) is 2. The lowest BCUT2D eigenvalue weighted by Gasteiger charge is -2.12. The number of nitrogens with zero attached hydrogens (tertiary/aromatic N) is 1. The van der Waals surface area contributed by atoms with Crippen LogP contribution in [0.25, 0.3) is 6.08 Å². The molecule has 5 nitrogen and oxygen atoms in total. The molecule has 1 aliphatic rings. The van der Waals surface area contributed by atoms with Crippen LogP contribution in [0.1, 0.15) is 19.4 Å². The summed E-state index contributed by atoms with van der Waals surface area (Å²) in [4.78, 5) is 16.0. The Balaban J connectivity index is 1.99. The van der Waals surface area contributed by atoms with Crippen LogP contribution in [0.3, 0.4) is 0 Å². The van der Waals surface area contributed by atoms with Crippen molar-refractivity contribution in [2.75, 3.05) is 26.0 Å². The summed E-state index contributed by atoms with van der Waals surface area (Å²) in [6.45, 7) is 5.58. The van der Waals surface area contributed by atoms with Gasteiger partial charge < -0.3 is 14.8 Å². The lowest BCUT2D eigenvalue weighted by Crippen LogP contribution is -2.25. The van der Waals surface area contributed by atoms with Crippen LogP contribution in [0.2, 0.25) is 0 Å². The molecule has 1 aliphatic heterocycles. The standard InChI is InChI=1S/C17H22N2O3S/c1-12(2)11-22-14-6-4-13(10-15(14)21-3)5-7-16(20)19-17-18-8-9-23-17/h4-7,10,12H,8-9,11H2,1-3H3,(H,18,19,20)/b7-5+. The van der Waals surface area contributed by atoms with Crippen LogP contribution in [0, 0.1) is 5.92 Å². The van der Waals surface area contributed by atoms with E-state index in [1.54, 1.807) is 24.9 Å². The number of amides is 1. The van der Waals surface area contributed by atoms with Gasteiger partial charge in [-0.15, -0.1) is 0 Å². The minimum atomic E-state index is -0.183. The van der Waals surface area contributed by atoms with Crippen LogP contribution in [0.5, 0.6) is 11.5 Å². The molecule has 2 rings (SSSR count). The molecule has 1 heterocycles. The van der Waals surface area contributed by atoms with Gasteiger partial charge in [-0.25, -0.2) is 0 Å². The van der Waals surface area contributed by atoms with Crippen molar-refractivity contribution in [2.24, 2.45) is 10.9 Å². The summed E-state index contributed by atoms with van der Waals surface area (Å²) in [6, 6.07) is 5.60. The predicted octanol–water partition coefficient (Wildman–Crippen LogP) is 2.96. The Labute approximate surface area is 141 Å². The molecule has 0 atom stereocenters. The van der Waals surface area contributed by atoms with E-state index in [4.69, 9.17) is 9.47 Å². The second kappa shape index (κ2) is 8.62. The van der Waals surface area contributed by atoms with Crippen molar-refractivity contribution in [2.45, 2.75) is 13.8 Å². The average molecular weight is 334 g/mol. The maximum atomic E-state index is 11.8. The molecule has 1 N–H and O–H groups in total. The Morgan fingerprint density at radius 2 is 2.26 bits per heavy atom. The van der Waals surface area contributed by atoms with Crippen molar-refractivity contribution in [3.05, 3.63) is 29.8 Å². The van der Waals surface area contributed by atoms with Gasteiger partial charge in [-0.05, 0) is 29.7 Å². The molecule has 0 bridgehead atoms. The molecule has 0 fully saturated rings. The first kappa shape index (κ1) is 17.4. The second-order valence-corrected chi connectivity index (χ2v) is 6.56. The Morgan fingerprint density at radius 1 is 1.43 bits per heavy atom. The summed E-state index contributed by atoms with van der Waals surface area (Å²) >= 11 is 1.56. The molecule has 124 valence electrons. The van der Waals surface area contributed by atoms with Crippen molar-refractivity contribution in [3.63, 3.8) is 0 Å². The number of thioether (sulfide) groups is 1. The van der Waals surface area contributed by atoms with Crippen molar-refractivity contribution in [1.29, 1.82) is 0 Å². The normalized spacial score (nSPS) is 14.2. The zero-order valence-corrected chi connectivity index (χ0v) is 14.5. The molecular weight excluding hydrogens is 312 g/mol. The third kappa shape index (κ3) is 5.63. The molecule has 0 unspecified atom stereocenters. The van der Waals surface area contributed by atoms with E-state index in [1.807, 2.05) is 18.2 Å². The summed E-state index contributed by atoms with van der Waals surface area (Å²) in [5, 5.41) is 3.44. The topological polar surface area (TPSA) is 59.9 Å². The zero-order valence-electron chi connectivity index (χ0n) is 13.7. The largest absolute Gasteiger partial charge is 0.493 e. The highest BCUT2D eigenvalue weighted by Crippen LogP contribution is 2.28. The minimum Gasteiger partial charge on any atom is -0.493 e. The molecule has 6 heteroatoms. The van der Waals surface area contributed by atoms with Gasteiger partial charge >= 0.3 is 0 Å². The van der Waals surface area contributed by atoms with Gasteiger partial charge in [-0.1, -0.05) is 31.7 Å². The van der Waals surface area contributed by atoms with Gasteiger partial charge in [0.05, 0.1) is 20.3 Å². The first-order valence-electron chi connectivity index (χ1n) is 7.55. The van der Waals surface area contributed by atoms with Crippen molar-refractivity contribution >= 4 is 28.9 Å². The highest BCUT2D eigenvalue weighted by Gasteiger charge is 2.09. The van der Waals surface area contributed by atoms with Gasteiger partial charge in [-0.3, -0.25) is 9.79 Å². The summed E-state index contributed by atoms with van der Waals surface area (Å²) in [5.41, 5.74) is 0.870. The second-order valence-electron chi connectivity index (χ2n) is 5.47. The van der Waals surface area contributed by atoms with Crippen molar-refractivity contribution in [1.82, 2.24) is 5.32 Å². The van der Waals surface area contributed by atoms with E-state index in [-0.39, 0.29) is 5.91 Å². The SMILES string of the molecule is COc1cc(/C=C/C(=O)NC2=NCCS2)ccc1OCC(C)C. The van der Waals surface area contributed by atoms with Crippen molar-refractivity contribution < 1.29 is 14.3 Å². The molecule has 0 saturated heterocycles. The predicted molar refractivity (Wildman–Crippen MR) is 95.3 cm³/mol. The Morgan fingerprint density at radius 3 is 2.91 bits per heavy atom. The molecule has 0 spiro atoms. The number of hydrogen-bond acceptors (Lipinski definition) is 5. The highest BCUT2D eigenvalue weighted by molar-refractivity contribution is 8.14. The maximum Gasteiger partial charge on any atom is 0.249 e. The number of aliphatic imine (C=N–C) groups is 1. The Bertz CT molecular complexity index is 612. The fraction of sp³-hybridized carbons (Fsp3) is 0.412. The van der Waals surface area contributed by atoms with E-state index in [0.29, 0.717) is 29.2 Å².